The normalized spacial score (nSPS) is 14.4. The molecule has 0 aromatic rings. The number of hydrogen-bond donors (Lipinski definition) is 0. The minimum Gasteiger partial charge on any atom is -0.543 e. The lowest BCUT2D eigenvalue weighted by Crippen LogP contribution is -2.33. The van der Waals surface area contributed by atoms with Crippen LogP contribution in [0.15, 0.2) is 17.5 Å². The monoisotopic (exact) mass is 323 g/mol. The fourth-order valence-corrected chi connectivity index (χ4v) is 2.10. The van der Waals surface area contributed by atoms with Gasteiger partial charge in [-0.05, 0) is 26.6 Å². The van der Waals surface area contributed by atoms with Crippen LogP contribution in [0.3, 0.4) is 0 Å². The molecular weight excluding hydrogens is 302 g/mol. The molecule has 0 amide bonds. The standard InChI is InChI=1S/C11H21NO6SSi/c1-8(18-20(5,6)7)10(12-16-3)11(13)17-9(2)19(4,14)15/h9H,1H2,2-7H3. The van der Waals surface area contributed by atoms with Gasteiger partial charge in [0.25, 0.3) is 0 Å². The SMILES string of the molecule is C=C(O[Si](C)(C)C)C(=NOC)C(=O)OC(C)S(C)(=O)=O. The molecule has 0 saturated carbocycles. The first-order chi connectivity index (χ1) is 8.88. The largest absolute Gasteiger partial charge is 0.543 e. The molecule has 0 saturated heterocycles. The third-order valence-corrected chi connectivity index (χ3v) is 4.11. The highest BCUT2D eigenvalue weighted by atomic mass is 32.2. The number of nitrogens with zero attached hydrogens (tertiary/aromatic N) is 1. The van der Waals surface area contributed by atoms with Crippen LogP contribution >= 0.6 is 0 Å². The summed E-state index contributed by atoms with van der Waals surface area (Å²) >= 11 is 0. The van der Waals surface area contributed by atoms with Gasteiger partial charge in [0, 0.05) is 6.26 Å². The van der Waals surface area contributed by atoms with E-state index in [-0.39, 0.29) is 11.5 Å². The van der Waals surface area contributed by atoms with Gasteiger partial charge in [-0.2, -0.15) is 0 Å². The Kier molecular flexibility index (Phi) is 6.42. The first kappa shape index (κ1) is 18.6. The highest BCUT2D eigenvalue weighted by molar-refractivity contribution is 7.91. The first-order valence-electron chi connectivity index (χ1n) is 5.77. The molecule has 20 heavy (non-hydrogen) atoms. The lowest BCUT2D eigenvalue weighted by atomic mass is 10.3. The van der Waals surface area contributed by atoms with Gasteiger partial charge in [-0.15, -0.1) is 0 Å². The van der Waals surface area contributed by atoms with E-state index in [1.165, 1.54) is 14.0 Å². The van der Waals surface area contributed by atoms with Crippen LogP contribution in [0, 0.1) is 0 Å². The molecule has 0 rings (SSSR count). The summed E-state index contributed by atoms with van der Waals surface area (Å²) in [5, 5.41) is 3.49. The number of sulfone groups is 1. The topological polar surface area (TPSA) is 91.3 Å². The van der Waals surface area contributed by atoms with Crippen molar-refractivity contribution in [2.45, 2.75) is 32.0 Å². The summed E-state index contributed by atoms with van der Waals surface area (Å²) in [5.41, 5.74) is -1.58. The third-order valence-electron chi connectivity index (χ3n) is 1.95. The Morgan fingerprint density at radius 3 is 2.15 bits per heavy atom. The van der Waals surface area contributed by atoms with E-state index in [0.29, 0.717) is 0 Å². The van der Waals surface area contributed by atoms with Gasteiger partial charge in [0.15, 0.2) is 15.3 Å². The van der Waals surface area contributed by atoms with E-state index < -0.39 is 29.6 Å². The molecular formula is C11H21NO6SSi. The second-order valence-corrected chi connectivity index (χ2v) is 11.8. The van der Waals surface area contributed by atoms with E-state index in [4.69, 9.17) is 9.16 Å². The summed E-state index contributed by atoms with van der Waals surface area (Å²) in [6, 6.07) is 0. The van der Waals surface area contributed by atoms with Gasteiger partial charge in [-0.25, -0.2) is 13.2 Å². The fourth-order valence-electron chi connectivity index (χ4n) is 1.01. The summed E-state index contributed by atoms with van der Waals surface area (Å²) in [4.78, 5) is 16.4. The average Bonchev–Trinajstić information content (AvgIpc) is 2.21. The minimum absolute atomic E-state index is 0.00304. The zero-order chi connectivity index (χ0) is 16.1. The van der Waals surface area contributed by atoms with Gasteiger partial charge in [0.2, 0.25) is 14.0 Å². The highest BCUT2D eigenvalue weighted by Crippen LogP contribution is 2.12. The molecule has 0 radical (unpaired) electrons. The molecule has 0 aliphatic rings. The maximum Gasteiger partial charge on any atom is 0.365 e. The van der Waals surface area contributed by atoms with E-state index in [0.717, 1.165) is 6.26 Å². The van der Waals surface area contributed by atoms with Crippen molar-refractivity contribution in [2.75, 3.05) is 13.4 Å². The van der Waals surface area contributed by atoms with Crippen molar-refractivity contribution < 1.29 is 27.2 Å². The number of carbonyl (C=O) groups excluding carboxylic acids is 1. The second-order valence-electron chi connectivity index (χ2n) is 5.06. The molecule has 0 N–H and O–H groups in total. The quantitative estimate of drug-likeness (QED) is 0.230. The Balaban J connectivity index is 5.08. The summed E-state index contributed by atoms with van der Waals surface area (Å²) in [5.74, 6) is -0.968. The Morgan fingerprint density at radius 1 is 1.30 bits per heavy atom. The smallest absolute Gasteiger partial charge is 0.365 e. The van der Waals surface area contributed by atoms with E-state index in [9.17, 15) is 13.2 Å². The Bertz CT molecular complexity index is 505. The molecule has 7 nitrogen and oxygen atoms in total. The zero-order valence-electron chi connectivity index (χ0n) is 12.6. The maximum atomic E-state index is 11.9. The molecule has 0 spiro atoms. The number of hydrogen-bond acceptors (Lipinski definition) is 7. The Labute approximate surface area is 120 Å². The van der Waals surface area contributed by atoms with Crippen LogP contribution in [0.5, 0.6) is 0 Å². The lowest BCUT2D eigenvalue weighted by molar-refractivity contribution is -0.136. The molecule has 0 heterocycles. The van der Waals surface area contributed by atoms with Crippen molar-refractivity contribution in [1.82, 2.24) is 0 Å². The zero-order valence-corrected chi connectivity index (χ0v) is 14.4. The van der Waals surface area contributed by atoms with E-state index in [2.05, 4.69) is 16.6 Å². The fraction of sp³-hybridized carbons (Fsp3) is 0.636. The van der Waals surface area contributed by atoms with Crippen molar-refractivity contribution in [3.8, 4) is 0 Å². The number of ether oxygens (including phenoxy) is 1. The number of esters is 1. The van der Waals surface area contributed by atoms with Crippen molar-refractivity contribution >= 4 is 29.8 Å². The predicted molar refractivity (Wildman–Crippen MR) is 78.4 cm³/mol. The predicted octanol–water partition coefficient (Wildman–Crippen LogP) is 1.29. The molecule has 1 atom stereocenters. The number of carbonyl (C=O) groups is 1. The maximum absolute atomic E-state index is 11.9. The minimum atomic E-state index is -3.51. The van der Waals surface area contributed by atoms with Crippen LogP contribution in [-0.4, -0.2) is 47.2 Å². The van der Waals surface area contributed by atoms with Gasteiger partial charge in [-0.1, -0.05) is 11.7 Å². The van der Waals surface area contributed by atoms with Crippen LogP contribution in [0.4, 0.5) is 0 Å². The van der Waals surface area contributed by atoms with Crippen molar-refractivity contribution in [3.05, 3.63) is 12.3 Å². The molecule has 0 aromatic carbocycles. The molecule has 0 aliphatic carbocycles. The van der Waals surface area contributed by atoms with Crippen molar-refractivity contribution in [1.29, 1.82) is 0 Å². The van der Waals surface area contributed by atoms with Crippen molar-refractivity contribution in [2.24, 2.45) is 5.16 Å². The molecule has 0 aromatic heterocycles. The summed E-state index contributed by atoms with van der Waals surface area (Å²) in [7, 11) is -4.26. The molecule has 116 valence electrons. The van der Waals surface area contributed by atoms with E-state index in [1.807, 2.05) is 19.6 Å². The van der Waals surface area contributed by atoms with Crippen LogP contribution in [0.1, 0.15) is 6.92 Å². The summed E-state index contributed by atoms with van der Waals surface area (Å²) in [6.07, 6.45) is 0.964. The van der Waals surface area contributed by atoms with Crippen molar-refractivity contribution in [3.63, 3.8) is 0 Å². The number of oxime groups is 1. The van der Waals surface area contributed by atoms with E-state index in [1.54, 1.807) is 0 Å². The van der Waals surface area contributed by atoms with Gasteiger partial charge in [0.05, 0.1) is 0 Å². The molecule has 9 heteroatoms. The molecule has 0 bridgehead atoms. The van der Waals surface area contributed by atoms with Crippen LogP contribution < -0.4 is 0 Å². The van der Waals surface area contributed by atoms with Crippen LogP contribution in [0.25, 0.3) is 0 Å². The van der Waals surface area contributed by atoms with Gasteiger partial charge in [0.1, 0.15) is 12.9 Å². The van der Waals surface area contributed by atoms with Gasteiger partial charge in [-0.3, -0.25) is 0 Å². The average molecular weight is 323 g/mol. The Hall–Kier alpha value is -1.35. The Morgan fingerprint density at radius 2 is 1.80 bits per heavy atom. The van der Waals surface area contributed by atoms with Gasteiger partial charge < -0.3 is 14.0 Å². The molecule has 0 aliphatic heterocycles. The third kappa shape index (κ3) is 6.71. The van der Waals surface area contributed by atoms with E-state index >= 15 is 0 Å². The van der Waals surface area contributed by atoms with Crippen LogP contribution in [0.2, 0.25) is 19.6 Å². The van der Waals surface area contributed by atoms with Gasteiger partial charge >= 0.3 is 5.97 Å². The summed E-state index contributed by atoms with van der Waals surface area (Å²) < 4.78 is 32.8. The molecule has 1 unspecified atom stereocenters. The van der Waals surface area contributed by atoms with Crippen LogP contribution in [-0.2, 0) is 28.6 Å². The summed E-state index contributed by atoms with van der Waals surface area (Å²) in [6.45, 7) is 10.5. The lowest BCUT2D eigenvalue weighted by Gasteiger charge is -2.21. The number of rotatable bonds is 7. The highest BCUT2D eigenvalue weighted by Gasteiger charge is 2.28. The first-order valence-corrected chi connectivity index (χ1v) is 11.1. The molecule has 0 fully saturated rings. The second kappa shape index (κ2) is 6.89.